The molecule has 1 aromatic carbocycles. The fourth-order valence-corrected chi connectivity index (χ4v) is 2.62. The maximum absolute atomic E-state index is 13.5. The molecule has 6 heteroatoms. The van der Waals surface area contributed by atoms with Crippen molar-refractivity contribution < 1.29 is 18.7 Å². The van der Waals surface area contributed by atoms with E-state index in [4.69, 9.17) is 0 Å². The van der Waals surface area contributed by atoms with Crippen LogP contribution < -0.4 is 0 Å². The van der Waals surface area contributed by atoms with E-state index in [1.807, 2.05) is 43.4 Å². The lowest BCUT2D eigenvalue weighted by molar-refractivity contribution is -0.123. The van der Waals surface area contributed by atoms with Crippen molar-refractivity contribution in [3.63, 3.8) is 0 Å². The van der Waals surface area contributed by atoms with Crippen molar-refractivity contribution >= 4 is 18.1 Å². The van der Waals surface area contributed by atoms with Gasteiger partial charge in [0.25, 0.3) is 5.91 Å². The molecule has 0 unspecified atom stereocenters. The Morgan fingerprint density at radius 1 is 1.24 bits per heavy atom. The Morgan fingerprint density at radius 3 is 2.52 bits per heavy atom. The number of nitrogens with zero attached hydrogens (tertiary/aromatic N) is 2. The van der Waals surface area contributed by atoms with Crippen LogP contribution >= 0.6 is 0 Å². The first-order valence-corrected chi connectivity index (χ1v) is 9.27. The number of rotatable bonds is 7. The molecule has 0 saturated heterocycles. The number of carbonyl (C=O) groups is 1. The van der Waals surface area contributed by atoms with Crippen molar-refractivity contribution in [1.29, 1.82) is 0 Å². The molecule has 2 aromatic rings. The summed E-state index contributed by atoms with van der Waals surface area (Å²) in [5.41, 5.74) is 1.90. The van der Waals surface area contributed by atoms with Crippen molar-refractivity contribution in [3.05, 3.63) is 82.8 Å². The molecule has 0 fully saturated rings. The van der Waals surface area contributed by atoms with E-state index in [2.05, 4.69) is 4.98 Å². The van der Waals surface area contributed by atoms with Crippen LogP contribution in [0, 0.1) is 11.6 Å². The van der Waals surface area contributed by atoms with E-state index >= 15 is 0 Å². The normalized spacial score (nSPS) is 12.4. The molecule has 0 aliphatic rings. The second kappa shape index (κ2) is 10.3. The number of phenols is 1. The van der Waals surface area contributed by atoms with Crippen LogP contribution in [0.1, 0.15) is 37.9 Å². The minimum Gasteiger partial charge on any atom is -0.503 e. The summed E-state index contributed by atoms with van der Waals surface area (Å²) in [4.78, 5) is 18.5. The molecule has 0 saturated carbocycles. The number of likely N-dealkylation sites (N-methyl/N-ethyl adjacent to an activating group) is 1. The fraction of sp³-hybridized carbons (Fsp3) is 0.217. The zero-order valence-electron chi connectivity index (χ0n) is 16.7. The number of aromatic hydroxyl groups is 1. The highest BCUT2D eigenvalue weighted by molar-refractivity contribution is 5.98. The molecule has 0 aliphatic heterocycles. The number of amides is 1. The van der Waals surface area contributed by atoms with Gasteiger partial charge in [0.05, 0.1) is 5.69 Å². The maximum Gasteiger partial charge on any atom is 0.253 e. The zero-order valence-corrected chi connectivity index (χ0v) is 16.7. The maximum atomic E-state index is 13.5. The summed E-state index contributed by atoms with van der Waals surface area (Å²) in [6, 6.07) is 7.51. The summed E-state index contributed by atoms with van der Waals surface area (Å²) >= 11 is 0. The third-order valence-electron chi connectivity index (χ3n) is 4.21. The smallest absolute Gasteiger partial charge is 0.253 e. The zero-order chi connectivity index (χ0) is 21.4. The van der Waals surface area contributed by atoms with Crippen molar-refractivity contribution in [2.24, 2.45) is 0 Å². The lowest BCUT2D eigenvalue weighted by Gasteiger charge is -2.19. The molecule has 0 aliphatic carbocycles. The number of halogens is 2. The fourth-order valence-electron chi connectivity index (χ4n) is 2.62. The Labute approximate surface area is 169 Å². The molecule has 1 aromatic heterocycles. The molecule has 29 heavy (non-hydrogen) atoms. The van der Waals surface area contributed by atoms with E-state index < -0.39 is 17.4 Å². The van der Waals surface area contributed by atoms with Crippen LogP contribution in [0.2, 0.25) is 0 Å². The van der Waals surface area contributed by atoms with Gasteiger partial charge in [-0.05, 0) is 61.4 Å². The second-order valence-electron chi connectivity index (χ2n) is 6.53. The summed E-state index contributed by atoms with van der Waals surface area (Å²) in [6.45, 7) is 3.61. The summed E-state index contributed by atoms with van der Waals surface area (Å²) in [5.74, 6) is -3.50. The lowest BCUT2D eigenvalue weighted by Crippen LogP contribution is -2.26. The van der Waals surface area contributed by atoms with E-state index in [1.165, 1.54) is 11.0 Å². The summed E-state index contributed by atoms with van der Waals surface area (Å²) in [7, 11) is 1.64. The SMILES string of the molecule is CCC/C=C(\C=C\c1ccccn1)N(C)C(=O)/C(C)=C/c1cc(F)c(O)c(F)c1. The number of carbonyl (C=O) groups excluding carboxylic acids is 1. The van der Waals surface area contributed by atoms with Gasteiger partial charge in [-0.1, -0.05) is 25.5 Å². The molecule has 0 radical (unpaired) electrons. The average molecular weight is 398 g/mol. The van der Waals surface area contributed by atoms with Crippen molar-refractivity contribution in [2.75, 3.05) is 7.05 Å². The highest BCUT2D eigenvalue weighted by Gasteiger charge is 2.15. The third-order valence-corrected chi connectivity index (χ3v) is 4.21. The largest absolute Gasteiger partial charge is 0.503 e. The van der Waals surface area contributed by atoms with E-state index in [0.717, 1.165) is 30.7 Å². The number of hydrogen-bond donors (Lipinski definition) is 1. The van der Waals surface area contributed by atoms with E-state index in [1.54, 1.807) is 20.2 Å². The van der Waals surface area contributed by atoms with Gasteiger partial charge >= 0.3 is 0 Å². The van der Waals surface area contributed by atoms with Gasteiger partial charge in [-0.2, -0.15) is 0 Å². The van der Waals surface area contributed by atoms with E-state index in [9.17, 15) is 18.7 Å². The Bertz CT molecular complexity index is 928. The van der Waals surface area contributed by atoms with Gasteiger partial charge < -0.3 is 10.0 Å². The van der Waals surface area contributed by atoms with Gasteiger partial charge in [0, 0.05) is 24.5 Å². The van der Waals surface area contributed by atoms with E-state index in [-0.39, 0.29) is 11.5 Å². The van der Waals surface area contributed by atoms with Crippen LogP contribution in [-0.2, 0) is 4.79 Å². The minimum absolute atomic E-state index is 0.153. The molecule has 0 atom stereocenters. The minimum atomic E-state index is -1.08. The molecule has 0 spiro atoms. The van der Waals surface area contributed by atoms with Crippen molar-refractivity contribution in [3.8, 4) is 5.75 Å². The van der Waals surface area contributed by atoms with Crippen LogP contribution in [0.15, 0.2) is 60.0 Å². The molecular formula is C23H24F2N2O2. The van der Waals surface area contributed by atoms with Gasteiger partial charge in [0.15, 0.2) is 17.4 Å². The average Bonchev–Trinajstić information content (AvgIpc) is 2.71. The summed E-state index contributed by atoms with van der Waals surface area (Å²) < 4.78 is 27.1. The lowest BCUT2D eigenvalue weighted by atomic mass is 10.1. The Balaban J connectivity index is 2.26. The van der Waals surface area contributed by atoms with E-state index in [0.29, 0.717) is 11.3 Å². The van der Waals surface area contributed by atoms with Gasteiger partial charge in [0.1, 0.15) is 0 Å². The van der Waals surface area contributed by atoms with Crippen LogP contribution in [0.4, 0.5) is 8.78 Å². The molecular weight excluding hydrogens is 374 g/mol. The predicted molar refractivity (Wildman–Crippen MR) is 111 cm³/mol. The Kier molecular flexibility index (Phi) is 7.83. The van der Waals surface area contributed by atoms with Gasteiger partial charge in [-0.15, -0.1) is 0 Å². The third kappa shape index (κ3) is 6.10. The topological polar surface area (TPSA) is 53.4 Å². The quantitative estimate of drug-likeness (QED) is 0.507. The highest BCUT2D eigenvalue weighted by atomic mass is 19.1. The molecule has 4 nitrogen and oxygen atoms in total. The van der Waals surface area contributed by atoms with Gasteiger partial charge in [-0.3, -0.25) is 9.78 Å². The molecule has 1 N–H and O–H groups in total. The number of unbranched alkanes of at least 4 members (excludes halogenated alkanes) is 1. The summed E-state index contributed by atoms with van der Waals surface area (Å²) in [5, 5.41) is 9.20. The van der Waals surface area contributed by atoms with Gasteiger partial charge in [-0.25, -0.2) is 8.78 Å². The van der Waals surface area contributed by atoms with Crippen molar-refractivity contribution in [2.45, 2.75) is 26.7 Å². The summed E-state index contributed by atoms with van der Waals surface area (Å²) in [6.07, 6.45) is 10.3. The number of allylic oxidation sites excluding steroid dienone is 2. The van der Waals surface area contributed by atoms with Crippen molar-refractivity contribution in [1.82, 2.24) is 9.88 Å². The predicted octanol–water partition coefficient (Wildman–Crippen LogP) is 5.32. The monoisotopic (exact) mass is 398 g/mol. The van der Waals surface area contributed by atoms with Gasteiger partial charge in [0.2, 0.25) is 0 Å². The Hall–Kier alpha value is -3.28. The number of phenolic OH excluding ortho intramolecular Hbond substituents is 1. The van der Waals surface area contributed by atoms with Crippen LogP contribution in [0.5, 0.6) is 5.75 Å². The Morgan fingerprint density at radius 2 is 1.93 bits per heavy atom. The standard InChI is InChI=1S/C23H24F2N2O2/c1-4-5-9-19(11-10-18-8-6-7-12-26-18)27(3)23(29)16(2)13-17-14-20(24)22(28)21(25)15-17/h6-15,28H,4-5H2,1-3H3/b11-10+,16-13+,19-9+. The first-order valence-electron chi connectivity index (χ1n) is 9.27. The molecule has 1 amide bonds. The number of benzene rings is 1. The number of hydrogen-bond acceptors (Lipinski definition) is 3. The highest BCUT2D eigenvalue weighted by Crippen LogP contribution is 2.23. The van der Waals surface area contributed by atoms with Crippen LogP contribution in [0.3, 0.4) is 0 Å². The number of aromatic nitrogens is 1. The molecule has 1 heterocycles. The first kappa shape index (κ1) is 22.0. The first-order chi connectivity index (χ1) is 13.8. The molecule has 2 rings (SSSR count). The molecule has 152 valence electrons. The number of pyridine rings is 1. The van der Waals surface area contributed by atoms with Crippen LogP contribution in [0.25, 0.3) is 12.2 Å². The second-order valence-corrected chi connectivity index (χ2v) is 6.53. The van der Waals surface area contributed by atoms with Crippen LogP contribution in [-0.4, -0.2) is 27.9 Å². The molecule has 0 bridgehead atoms.